The van der Waals surface area contributed by atoms with Crippen LogP contribution in [0.5, 0.6) is 0 Å². The van der Waals surface area contributed by atoms with Crippen LogP contribution in [0.2, 0.25) is 0 Å². The first kappa shape index (κ1) is 8.53. The molecule has 0 spiro atoms. The topological polar surface area (TPSA) is 46.5 Å². The van der Waals surface area contributed by atoms with E-state index in [1.807, 2.05) is 6.92 Å². The summed E-state index contributed by atoms with van der Waals surface area (Å²) in [6, 6.07) is 0. The maximum atomic E-state index is 11.2. The average Bonchev–Trinajstić information content (AvgIpc) is 1.87. The van der Waals surface area contributed by atoms with Gasteiger partial charge in [0.05, 0.1) is 5.41 Å². The fourth-order valence-corrected chi connectivity index (χ4v) is 1.52. The van der Waals surface area contributed by atoms with Gasteiger partial charge in [0.2, 0.25) is 0 Å². The van der Waals surface area contributed by atoms with Crippen LogP contribution in [0.15, 0.2) is 0 Å². The highest BCUT2D eigenvalue weighted by Gasteiger charge is 2.43. The van der Waals surface area contributed by atoms with Gasteiger partial charge in [0.25, 0.3) is 0 Å². The highest BCUT2D eigenvalue weighted by molar-refractivity contribution is 5.77. The number of ether oxygens (including phenoxy) is 1. The van der Waals surface area contributed by atoms with E-state index in [1.165, 1.54) is 0 Å². The Morgan fingerprint density at radius 3 is 2.55 bits per heavy atom. The molecule has 0 amide bonds. The number of rotatable bonds is 3. The van der Waals surface area contributed by atoms with Gasteiger partial charge in [0, 0.05) is 0 Å². The summed E-state index contributed by atoms with van der Waals surface area (Å²) in [6.45, 7) is 1.50. The van der Waals surface area contributed by atoms with Crippen LogP contribution in [-0.4, -0.2) is 17.9 Å². The minimum atomic E-state index is -0.486. The highest BCUT2D eigenvalue weighted by Crippen LogP contribution is 2.44. The van der Waals surface area contributed by atoms with Gasteiger partial charge in [-0.2, -0.15) is 0 Å². The maximum absolute atomic E-state index is 11.2. The Morgan fingerprint density at radius 2 is 2.27 bits per heavy atom. The lowest BCUT2D eigenvalue weighted by Crippen LogP contribution is -2.38. The van der Waals surface area contributed by atoms with Gasteiger partial charge in [-0.3, -0.25) is 4.79 Å². The lowest BCUT2D eigenvalue weighted by Gasteiger charge is -2.37. The molecule has 0 aliphatic heterocycles. The summed E-state index contributed by atoms with van der Waals surface area (Å²) >= 11 is 0. The molecule has 1 N–H and O–H groups in total. The lowest BCUT2D eigenvalue weighted by molar-refractivity contribution is -0.170. The first-order valence-electron chi connectivity index (χ1n) is 4.03. The van der Waals surface area contributed by atoms with Crippen LogP contribution in [-0.2, 0) is 9.53 Å². The number of carbonyl (C=O) groups excluding carboxylic acids is 1. The Labute approximate surface area is 66.4 Å². The molecule has 3 nitrogen and oxygen atoms in total. The second-order valence-electron chi connectivity index (χ2n) is 3.05. The molecular formula is C8H14O3. The molecule has 0 aromatic rings. The van der Waals surface area contributed by atoms with Gasteiger partial charge in [-0.25, -0.2) is 0 Å². The van der Waals surface area contributed by atoms with E-state index in [1.54, 1.807) is 0 Å². The Kier molecular flexibility index (Phi) is 2.49. The zero-order valence-electron chi connectivity index (χ0n) is 6.80. The normalized spacial score (nSPS) is 20.5. The molecule has 64 valence electrons. The molecule has 1 saturated carbocycles. The third kappa shape index (κ3) is 1.38. The SMILES string of the molecule is CCC1(C(=O)OCO)CCC1. The van der Waals surface area contributed by atoms with E-state index in [0.717, 1.165) is 25.7 Å². The van der Waals surface area contributed by atoms with Crippen LogP contribution < -0.4 is 0 Å². The quantitative estimate of drug-likeness (QED) is 0.493. The number of aliphatic hydroxyl groups is 1. The molecule has 3 heteroatoms. The summed E-state index contributed by atoms with van der Waals surface area (Å²) in [7, 11) is 0. The fourth-order valence-electron chi connectivity index (χ4n) is 1.52. The molecule has 0 bridgehead atoms. The zero-order chi connectivity index (χ0) is 8.32. The van der Waals surface area contributed by atoms with Crippen molar-refractivity contribution in [2.45, 2.75) is 32.6 Å². The number of hydrogen-bond donors (Lipinski definition) is 1. The van der Waals surface area contributed by atoms with Crippen LogP contribution in [0.25, 0.3) is 0 Å². The van der Waals surface area contributed by atoms with Gasteiger partial charge in [-0.05, 0) is 19.3 Å². The van der Waals surface area contributed by atoms with Crippen molar-refractivity contribution in [1.82, 2.24) is 0 Å². The van der Waals surface area contributed by atoms with Gasteiger partial charge < -0.3 is 9.84 Å². The van der Waals surface area contributed by atoms with Crippen LogP contribution >= 0.6 is 0 Å². The minimum Gasteiger partial charge on any atom is -0.438 e. The summed E-state index contributed by atoms with van der Waals surface area (Å²) in [4.78, 5) is 11.2. The van der Waals surface area contributed by atoms with Crippen molar-refractivity contribution in [2.24, 2.45) is 5.41 Å². The van der Waals surface area contributed by atoms with Crippen molar-refractivity contribution >= 4 is 5.97 Å². The number of esters is 1. The van der Waals surface area contributed by atoms with E-state index < -0.39 is 6.79 Å². The van der Waals surface area contributed by atoms with E-state index in [9.17, 15) is 4.79 Å². The van der Waals surface area contributed by atoms with Crippen molar-refractivity contribution in [1.29, 1.82) is 0 Å². The Balaban J connectivity index is 2.47. The van der Waals surface area contributed by atoms with Crippen LogP contribution in [0, 0.1) is 5.41 Å². The first-order chi connectivity index (χ1) is 5.25. The number of aliphatic hydroxyl groups excluding tert-OH is 1. The zero-order valence-corrected chi connectivity index (χ0v) is 6.80. The smallest absolute Gasteiger partial charge is 0.314 e. The van der Waals surface area contributed by atoms with Crippen LogP contribution in [0.1, 0.15) is 32.6 Å². The highest BCUT2D eigenvalue weighted by atomic mass is 16.6. The van der Waals surface area contributed by atoms with Crippen molar-refractivity contribution in [2.75, 3.05) is 6.79 Å². The predicted octanol–water partition coefficient (Wildman–Crippen LogP) is 1.06. The van der Waals surface area contributed by atoms with Crippen LogP contribution in [0.3, 0.4) is 0 Å². The van der Waals surface area contributed by atoms with E-state index in [0.29, 0.717) is 0 Å². The molecule has 1 aliphatic carbocycles. The summed E-state index contributed by atoms with van der Waals surface area (Å²) in [5, 5.41) is 8.37. The molecule has 0 heterocycles. The molecule has 0 radical (unpaired) electrons. The second kappa shape index (κ2) is 3.22. The Hall–Kier alpha value is -0.570. The molecule has 0 saturated heterocycles. The lowest BCUT2D eigenvalue weighted by atomic mass is 9.67. The molecule has 0 unspecified atom stereocenters. The third-order valence-corrected chi connectivity index (χ3v) is 2.62. The van der Waals surface area contributed by atoms with Crippen LogP contribution in [0.4, 0.5) is 0 Å². The van der Waals surface area contributed by atoms with Crippen molar-refractivity contribution in [3.8, 4) is 0 Å². The van der Waals surface area contributed by atoms with Gasteiger partial charge in [-0.1, -0.05) is 13.3 Å². The molecule has 11 heavy (non-hydrogen) atoms. The van der Waals surface area contributed by atoms with Gasteiger partial charge >= 0.3 is 5.97 Å². The molecular weight excluding hydrogens is 144 g/mol. The van der Waals surface area contributed by atoms with Crippen molar-refractivity contribution in [3.63, 3.8) is 0 Å². The summed E-state index contributed by atoms with van der Waals surface area (Å²) in [5.74, 6) is -0.228. The largest absolute Gasteiger partial charge is 0.438 e. The van der Waals surface area contributed by atoms with Gasteiger partial charge in [-0.15, -0.1) is 0 Å². The van der Waals surface area contributed by atoms with Gasteiger partial charge in [0.1, 0.15) is 0 Å². The summed E-state index contributed by atoms with van der Waals surface area (Å²) in [5.41, 5.74) is -0.247. The average molecular weight is 158 g/mol. The second-order valence-corrected chi connectivity index (χ2v) is 3.05. The Bertz CT molecular complexity index is 144. The molecule has 0 aromatic carbocycles. The summed E-state index contributed by atoms with van der Waals surface area (Å²) in [6.07, 6.45) is 3.77. The molecule has 1 fully saturated rings. The standard InChI is InChI=1S/C8H14O3/c1-2-8(4-3-5-8)7(10)11-6-9/h9H,2-6H2,1H3. The fraction of sp³-hybridized carbons (Fsp3) is 0.875. The van der Waals surface area contributed by atoms with E-state index in [4.69, 9.17) is 5.11 Å². The van der Waals surface area contributed by atoms with E-state index in [2.05, 4.69) is 4.74 Å². The Morgan fingerprint density at radius 1 is 1.64 bits per heavy atom. The third-order valence-electron chi connectivity index (χ3n) is 2.62. The summed E-state index contributed by atoms with van der Waals surface area (Å²) < 4.78 is 4.56. The maximum Gasteiger partial charge on any atom is 0.314 e. The van der Waals surface area contributed by atoms with E-state index in [-0.39, 0.29) is 11.4 Å². The van der Waals surface area contributed by atoms with Crippen molar-refractivity contribution in [3.05, 3.63) is 0 Å². The van der Waals surface area contributed by atoms with Crippen molar-refractivity contribution < 1.29 is 14.6 Å². The van der Waals surface area contributed by atoms with Gasteiger partial charge in [0.15, 0.2) is 6.79 Å². The minimum absolute atomic E-state index is 0.228. The predicted molar refractivity (Wildman–Crippen MR) is 39.8 cm³/mol. The first-order valence-corrected chi connectivity index (χ1v) is 4.03. The number of carbonyl (C=O) groups is 1. The molecule has 1 aliphatic rings. The monoisotopic (exact) mass is 158 g/mol. The molecule has 0 aromatic heterocycles. The van der Waals surface area contributed by atoms with E-state index >= 15 is 0 Å². The molecule has 0 atom stereocenters. The number of hydrogen-bond acceptors (Lipinski definition) is 3. The molecule has 1 rings (SSSR count).